The van der Waals surface area contributed by atoms with Crippen molar-refractivity contribution in [1.29, 1.82) is 0 Å². The van der Waals surface area contributed by atoms with Crippen molar-refractivity contribution in [3.63, 3.8) is 0 Å². The number of nitrogens with one attached hydrogen (secondary N) is 2. The van der Waals surface area contributed by atoms with Gasteiger partial charge in [0.25, 0.3) is 5.91 Å². The highest BCUT2D eigenvalue weighted by atomic mass is 35.5. The summed E-state index contributed by atoms with van der Waals surface area (Å²) in [6.07, 6.45) is 0.369. The highest BCUT2D eigenvalue weighted by Crippen LogP contribution is 2.19. The average molecular weight is 345 g/mol. The molecule has 1 unspecified atom stereocenters. The summed E-state index contributed by atoms with van der Waals surface area (Å²) in [7, 11) is 0. The van der Waals surface area contributed by atoms with Gasteiger partial charge in [-0.3, -0.25) is 9.59 Å². The van der Waals surface area contributed by atoms with E-state index in [2.05, 4.69) is 10.6 Å². The molecule has 2 amide bonds. The summed E-state index contributed by atoms with van der Waals surface area (Å²) >= 11 is 5.95. The maximum Gasteiger partial charge on any atom is 0.251 e. The second-order valence-electron chi connectivity index (χ2n) is 6.01. The van der Waals surface area contributed by atoms with Crippen molar-refractivity contribution in [1.82, 2.24) is 5.32 Å². The molecule has 0 aliphatic heterocycles. The van der Waals surface area contributed by atoms with Crippen molar-refractivity contribution in [2.24, 2.45) is 5.92 Å². The van der Waals surface area contributed by atoms with E-state index >= 15 is 0 Å². The molecule has 0 saturated heterocycles. The molecular weight excluding hydrogens is 324 g/mol. The monoisotopic (exact) mass is 344 g/mol. The first-order valence-corrected chi connectivity index (χ1v) is 8.24. The third-order valence-corrected chi connectivity index (χ3v) is 3.62. The molecule has 126 valence electrons. The fourth-order valence-corrected chi connectivity index (χ4v) is 2.51. The van der Waals surface area contributed by atoms with Gasteiger partial charge in [-0.05, 0) is 29.7 Å². The highest BCUT2D eigenvalue weighted by Gasteiger charge is 2.23. The molecule has 0 radical (unpaired) electrons. The number of hydrogen-bond acceptors (Lipinski definition) is 2. The van der Waals surface area contributed by atoms with Crippen molar-refractivity contribution in [2.75, 3.05) is 5.32 Å². The molecule has 0 aromatic heterocycles. The molecule has 2 N–H and O–H groups in total. The van der Waals surface area contributed by atoms with Crippen LogP contribution in [0.1, 0.15) is 31.9 Å². The normalized spacial score (nSPS) is 11.8. The Morgan fingerprint density at radius 2 is 1.75 bits per heavy atom. The summed E-state index contributed by atoms with van der Waals surface area (Å²) in [4.78, 5) is 24.8. The summed E-state index contributed by atoms with van der Waals surface area (Å²) < 4.78 is 0. The summed E-state index contributed by atoms with van der Waals surface area (Å²) in [6, 6.07) is 15.3. The van der Waals surface area contributed by atoms with Crippen LogP contribution in [0.25, 0.3) is 0 Å². The molecule has 4 nitrogen and oxygen atoms in total. The number of hydrogen-bond donors (Lipinski definition) is 2. The zero-order valence-corrected chi connectivity index (χ0v) is 14.5. The molecule has 0 aliphatic carbocycles. The van der Waals surface area contributed by atoms with E-state index < -0.39 is 6.04 Å². The van der Waals surface area contributed by atoms with Crippen molar-refractivity contribution in [2.45, 2.75) is 26.3 Å². The number of halogens is 1. The summed E-state index contributed by atoms with van der Waals surface area (Å²) in [5.41, 5.74) is 1.32. The number of benzene rings is 2. The SMILES string of the molecule is CC(C)CC(=O)NC(C(=O)Nc1cccc(Cl)c1)c1ccccc1. The molecule has 0 bridgehead atoms. The maximum absolute atomic E-state index is 12.7. The Labute approximate surface area is 147 Å². The van der Waals surface area contributed by atoms with Gasteiger partial charge in [0.05, 0.1) is 0 Å². The van der Waals surface area contributed by atoms with Crippen LogP contribution < -0.4 is 10.6 Å². The van der Waals surface area contributed by atoms with Crippen LogP contribution in [-0.4, -0.2) is 11.8 Å². The van der Waals surface area contributed by atoms with Crippen LogP contribution in [0.15, 0.2) is 54.6 Å². The Morgan fingerprint density at radius 3 is 2.38 bits per heavy atom. The van der Waals surface area contributed by atoms with E-state index in [9.17, 15) is 9.59 Å². The minimum Gasteiger partial charge on any atom is -0.341 e. The van der Waals surface area contributed by atoms with Crippen molar-refractivity contribution in [3.8, 4) is 0 Å². The molecule has 5 heteroatoms. The minimum atomic E-state index is -0.753. The van der Waals surface area contributed by atoms with Crippen LogP contribution in [0.4, 0.5) is 5.69 Å². The van der Waals surface area contributed by atoms with Gasteiger partial charge in [-0.2, -0.15) is 0 Å². The second kappa shape index (κ2) is 8.50. The van der Waals surface area contributed by atoms with Gasteiger partial charge in [-0.25, -0.2) is 0 Å². The summed E-state index contributed by atoms with van der Waals surface area (Å²) in [5.74, 6) is -0.238. The Morgan fingerprint density at radius 1 is 1.04 bits per heavy atom. The Bertz CT molecular complexity index is 702. The summed E-state index contributed by atoms with van der Waals surface area (Å²) in [5, 5.41) is 6.15. The Balaban J connectivity index is 2.18. The minimum absolute atomic E-state index is 0.153. The van der Waals surface area contributed by atoms with E-state index in [1.807, 2.05) is 44.2 Å². The molecule has 0 saturated carbocycles. The van der Waals surface area contributed by atoms with Crippen LogP contribution in [0.3, 0.4) is 0 Å². The molecule has 2 aromatic rings. The molecule has 0 heterocycles. The van der Waals surface area contributed by atoms with Gasteiger partial charge in [-0.1, -0.05) is 61.8 Å². The zero-order chi connectivity index (χ0) is 17.5. The number of amides is 2. The Hall–Kier alpha value is -2.33. The molecule has 0 spiro atoms. The lowest BCUT2D eigenvalue weighted by atomic mass is 10.0. The number of anilines is 1. The second-order valence-corrected chi connectivity index (χ2v) is 6.45. The fraction of sp³-hybridized carbons (Fsp3) is 0.263. The third kappa shape index (κ3) is 5.39. The first-order valence-electron chi connectivity index (χ1n) is 7.86. The molecule has 1 atom stereocenters. The molecular formula is C19H21ClN2O2. The lowest BCUT2D eigenvalue weighted by Crippen LogP contribution is -2.37. The lowest BCUT2D eigenvalue weighted by molar-refractivity contribution is -0.127. The average Bonchev–Trinajstić information content (AvgIpc) is 2.52. The largest absolute Gasteiger partial charge is 0.341 e. The summed E-state index contributed by atoms with van der Waals surface area (Å²) in [6.45, 7) is 3.92. The van der Waals surface area contributed by atoms with Gasteiger partial charge < -0.3 is 10.6 Å². The fourth-order valence-electron chi connectivity index (χ4n) is 2.32. The van der Waals surface area contributed by atoms with Gasteiger partial charge in [0.2, 0.25) is 5.91 Å². The standard InChI is InChI=1S/C19H21ClN2O2/c1-13(2)11-17(23)22-18(14-7-4-3-5-8-14)19(24)21-16-10-6-9-15(20)12-16/h3-10,12-13,18H,11H2,1-2H3,(H,21,24)(H,22,23). The topological polar surface area (TPSA) is 58.2 Å². The Kier molecular flexibility index (Phi) is 6.38. The maximum atomic E-state index is 12.7. The molecule has 0 aliphatic rings. The van der Waals surface area contributed by atoms with Crippen molar-refractivity contribution >= 4 is 29.1 Å². The first-order chi connectivity index (χ1) is 11.5. The van der Waals surface area contributed by atoms with Gasteiger partial charge in [0.15, 0.2) is 0 Å². The molecule has 0 fully saturated rings. The lowest BCUT2D eigenvalue weighted by Gasteiger charge is -2.19. The smallest absolute Gasteiger partial charge is 0.251 e. The van der Waals surface area contributed by atoms with Crippen molar-refractivity contribution < 1.29 is 9.59 Å². The molecule has 2 aromatic carbocycles. The van der Waals surface area contributed by atoms with Crippen molar-refractivity contribution in [3.05, 3.63) is 65.2 Å². The predicted molar refractivity (Wildman–Crippen MR) is 96.9 cm³/mol. The van der Waals surface area contributed by atoms with E-state index in [4.69, 9.17) is 11.6 Å². The molecule has 24 heavy (non-hydrogen) atoms. The third-order valence-electron chi connectivity index (χ3n) is 3.39. The van der Waals surface area contributed by atoms with Crippen LogP contribution in [0.2, 0.25) is 5.02 Å². The van der Waals surface area contributed by atoms with E-state index in [0.29, 0.717) is 17.1 Å². The van der Waals surface area contributed by atoms with E-state index in [0.717, 1.165) is 5.56 Å². The van der Waals surface area contributed by atoms with E-state index in [1.54, 1.807) is 24.3 Å². The van der Waals surface area contributed by atoms with Crippen LogP contribution in [0, 0.1) is 5.92 Å². The number of carbonyl (C=O) groups excluding carboxylic acids is 2. The van der Waals surface area contributed by atoms with Gasteiger partial charge in [0, 0.05) is 17.1 Å². The first kappa shape index (κ1) is 18.0. The van der Waals surface area contributed by atoms with Gasteiger partial charge in [-0.15, -0.1) is 0 Å². The van der Waals surface area contributed by atoms with Gasteiger partial charge >= 0.3 is 0 Å². The van der Waals surface area contributed by atoms with Crippen LogP contribution in [0.5, 0.6) is 0 Å². The van der Waals surface area contributed by atoms with Gasteiger partial charge in [0.1, 0.15) is 6.04 Å². The van der Waals surface area contributed by atoms with E-state index in [1.165, 1.54) is 0 Å². The van der Waals surface area contributed by atoms with E-state index in [-0.39, 0.29) is 17.7 Å². The zero-order valence-electron chi connectivity index (χ0n) is 13.8. The number of rotatable bonds is 6. The predicted octanol–water partition coefficient (Wildman–Crippen LogP) is 4.18. The van der Waals surface area contributed by atoms with Crippen LogP contribution >= 0.6 is 11.6 Å². The molecule has 2 rings (SSSR count). The highest BCUT2D eigenvalue weighted by molar-refractivity contribution is 6.30. The quantitative estimate of drug-likeness (QED) is 0.825. The van der Waals surface area contributed by atoms with Crippen LogP contribution in [-0.2, 0) is 9.59 Å². The number of carbonyl (C=O) groups is 2.